The van der Waals surface area contributed by atoms with Crippen molar-refractivity contribution in [3.8, 4) is 5.75 Å². The molecule has 1 fully saturated rings. The summed E-state index contributed by atoms with van der Waals surface area (Å²) in [5, 5.41) is 3.47. The highest BCUT2D eigenvalue weighted by Gasteiger charge is 2.11. The largest absolute Gasteiger partial charge is 0.494 e. The second-order valence-corrected chi connectivity index (χ2v) is 4.24. The van der Waals surface area contributed by atoms with Gasteiger partial charge in [0.2, 0.25) is 0 Å². The van der Waals surface area contributed by atoms with Gasteiger partial charge in [-0.1, -0.05) is 6.42 Å². The van der Waals surface area contributed by atoms with Crippen molar-refractivity contribution in [3.05, 3.63) is 30.1 Å². The number of piperidine rings is 1. The van der Waals surface area contributed by atoms with Gasteiger partial charge in [-0.05, 0) is 50.1 Å². The Labute approximate surface area is 95.8 Å². The van der Waals surface area contributed by atoms with E-state index in [1.54, 1.807) is 12.1 Å². The fourth-order valence-corrected chi connectivity index (χ4v) is 2.02. The van der Waals surface area contributed by atoms with Crippen LogP contribution >= 0.6 is 0 Å². The molecule has 1 aliphatic rings. The van der Waals surface area contributed by atoms with Crippen LogP contribution in [0.4, 0.5) is 4.39 Å². The second-order valence-electron chi connectivity index (χ2n) is 4.24. The molecule has 0 unspecified atom stereocenters. The molecular weight excluding hydrogens is 205 g/mol. The molecule has 0 saturated carbocycles. The molecule has 1 atom stereocenters. The second kappa shape index (κ2) is 5.85. The molecule has 0 aromatic heterocycles. The fraction of sp³-hybridized carbons (Fsp3) is 0.538. The molecule has 2 nitrogen and oxygen atoms in total. The molecule has 1 heterocycles. The van der Waals surface area contributed by atoms with Gasteiger partial charge in [-0.2, -0.15) is 0 Å². The van der Waals surface area contributed by atoms with Gasteiger partial charge >= 0.3 is 0 Å². The summed E-state index contributed by atoms with van der Waals surface area (Å²) in [5.41, 5.74) is 0. The zero-order chi connectivity index (χ0) is 11.2. The van der Waals surface area contributed by atoms with Gasteiger partial charge in [0.25, 0.3) is 0 Å². The van der Waals surface area contributed by atoms with Crippen molar-refractivity contribution in [2.45, 2.75) is 31.7 Å². The monoisotopic (exact) mass is 223 g/mol. The number of hydrogen-bond acceptors (Lipinski definition) is 2. The third kappa shape index (κ3) is 3.49. The molecule has 1 saturated heterocycles. The number of benzene rings is 1. The Morgan fingerprint density at radius 2 is 2.06 bits per heavy atom. The topological polar surface area (TPSA) is 21.3 Å². The first-order chi connectivity index (χ1) is 7.84. The van der Waals surface area contributed by atoms with Crippen LogP contribution in [0.3, 0.4) is 0 Å². The summed E-state index contributed by atoms with van der Waals surface area (Å²) < 4.78 is 18.2. The molecule has 0 radical (unpaired) electrons. The van der Waals surface area contributed by atoms with Gasteiger partial charge in [-0.25, -0.2) is 4.39 Å². The normalized spacial score (nSPS) is 20.7. The highest BCUT2D eigenvalue weighted by atomic mass is 19.1. The van der Waals surface area contributed by atoms with Crippen LogP contribution in [-0.4, -0.2) is 19.2 Å². The molecule has 0 bridgehead atoms. The molecule has 88 valence electrons. The lowest BCUT2D eigenvalue weighted by molar-refractivity contribution is 0.268. The van der Waals surface area contributed by atoms with E-state index in [-0.39, 0.29) is 5.82 Å². The van der Waals surface area contributed by atoms with Gasteiger partial charge in [0, 0.05) is 6.04 Å². The highest BCUT2D eigenvalue weighted by molar-refractivity contribution is 5.21. The lowest BCUT2D eigenvalue weighted by Crippen LogP contribution is -2.35. The average Bonchev–Trinajstić information content (AvgIpc) is 2.33. The standard InChI is InChI=1S/C13H18FNO/c14-11-4-6-13(7-5-11)16-10-8-12-3-1-2-9-15-12/h4-7,12,15H,1-3,8-10H2/t12-/m1/s1. The fourth-order valence-electron chi connectivity index (χ4n) is 2.02. The Morgan fingerprint density at radius 1 is 1.25 bits per heavy atom. The molecule has 0 spiro atoms. The van der Waals surface area contributed by atoms with Crippen molar-refractivity contribution >= 4 is 0 Å². The summed E-state index contributed by atoms with van der Waals surface area (Å²) in [5.74, 6) is 0.526. The highest BCUT2D eigenvalue weighted by Crippen LogP contribution is 2.13. The molecule has 3 heteroatoms. The number of rotatable bonds is 4. The molecule has 0 aliphatic carbocycles. The predicted octanol–water partition coefficient (Wildman–Crippen LogP) is 2.74. The van der Waals surface area contributed by atoms with Crippen LogP contribution in [0.25, 0.3) is 0 Å². The van der Waals surface area contributed by atoms with Crippen molar-refractivity contribution in [2.75, 3.05) is 13.2 Å². The van der Waals surface area contributed by atoms with Crippen LogP contribution in [0.1, 0.15) is 25.7 Å². The van der Waals surface area contributed by atoms with Crippen LogP contribution < -0.4 is 10.1 Å². The quantitative estimate of drug-likeness (QED) is 0.847. The average molecular weight is 223 g/mol. The van der Waals surface area contributed by atoms with Crippen molar-refractivity contribution in [1.29, 1.82) is 0 Å². The molecule has 1 aromatic rings. The minimum Gasteiger partial charge on any atom is -0.494 e. The third-order valence-electron chi connectivity index (χ3n) is 2.96. The summed E-state index contributed by atoms with van der Waals surface area (Å²) >= 11 is 0. The molecule has 1 aliphatic heterocycles. The Hall–Kier alpha value is -1.09. The smallest absolute Gasteiger partial charge is 0.123 e. The van der Waals surface area contributed by atoms with Crippen LogP contribution in [0.5, 0.6) is 5.75 Å². The number of ether oxygens (including phenoxy) is 1. The van der Waals surface area contributed by atoms with Crippen molar-refractivity contribution < 1.29 is 9.13 Å². The number of nitrogens with one attached hydrogen (secondary N) is 1. The summed E-state index contributed by atoms with van der Waals surface area (Å²) in [6, 6.07) is 6.78. The van der Waals surface area contributed by atoms with E-state index in [9.17, 15) is 4.39 Å². The lowest BCUT2D eigenvalue weighted by atomic mass is 10.0. The minimum absolute atomic E-state index is 0.221. The van der Waals surface area contributed by atoms with Crippen molar-refractivity contribution in [3.63, 3.8) is 0 Å². The first-order valence-electron chi connectivity index (χ1n) is 5.96. The SMILES string of the molecule is Fc1ccc(OCC[C@H]2CCCCN2)cc1. The number of hydrogen-bond donors (Lipinski definition) is 1. The van der Waals surface area contributed by atoms with Crippen molar-refractivity contribution in [1.82, 2.24) is 5.32 Å². The van der Waals surface area contributed by atoms with Gasteiger partial charge in [-0.3, -0.25) is 0 Å². The number of halogens is 1. The van der Waals surface area contributed by atoms with Gasteiger partial charge in [0.1, 0.15) is 11.6 Å². The summed E-state index contributed by atoms with van der Waals surface area (Å²) in [6.45, 7) is 1.82. The van der Waals surface area contributed by atoms with Gasteiger partial charge in [0.05, 0.1) is 6.61 Å². The van der Waals surface area contributed by atoms with Gasteiger partial charge in [0.15, 0.2) is 0 Å². The summed E-state index contributed by atoms with van der Waals surface area (Å²) in [4.78, 5) is 0. The maximum atomic E-state index is 12.6. The van der Waals surface area contributed by atoms with Crippen LogP contribution in [-0.2, 0) is 0 Å². The van der Waals surface area contributed by atoms with Crippen LogP contribution in [0.15, 0.2) is 24.3 Å². The van der Waals surface area contributed by atoms with E-state index in [2.05, 4.69) is 5.32 Å². The predicted molar refractivity (Wildman–Crippen MR) is 62.2 cm³/mol. The van der Waals surface area contributed by atoms with E-state index < -0.39 is 0 Å². The first-order valence-corrected chi connectivity index (χ1v) is 5.96. The molecule has 1 aromatic carbocycles. The molecule has 2 rings (SSSR count). The molecule has 0 amide bonds. The Bertz CT molecular complexity index is 306. The molecule has 16 heavy (non-hydrogen) atoms. The zero-order valence-electron chi connectivity index (χ0n) is 9.42. The maximum absolute atomic E-state index is 12.6. The Morgan fingerprint density at radius 3 is 2.75 bits per heavy atom. The zero-order valence-corrected chi connectivity index (χ0v) is 9.42. The molecular formula is C13H18FNO. The van der Waals surface area contributed by atoms with Crippen molar-refractivity contribution in [2.24, 2.45) is 0 Å². The van der Waals surface area contributed by atoms with E-state index in [1.165, 1.54) is 31.4 Å². The van der Waals surface area contributed by atoms with Crippen LogP contribution in [0, 0.1) is 5.82 Å². The minimum atomic E-state index is -0.221. The van der Waals surface area contributed by atoms with Crippen LogP contribution in [0.2, 0.25) is 0 Å². The maximum Gasteiger partial charge on any atom is 0.123 e. The van der Waals surface area contributed by atoms with Gasteiger partial charge < -0.3 is 10.1 Å². The van der Waals surface area contributed by atoms with E-state index in [4.69, 9.17) is 4.74 Å². The van der Waals surface area contributed by atoms with Gasteiger partial charge in [-0.15, -0.1) is 0 Å². The molecule has 1 N–H and O–H groups in total. The summed E-state index contributed by atoms with van der Waals surface area (Å²) in [6.07, 6.45) is 4.87. The third-order valence-corrected chi connectivity index (χ3v) is 2.96. The Balaban J connectivity index is 1.69. The van der Waals surface area contributed by atoms with E-state index >= 15 is 0 Å². The van der Waals surface area contributed by atoms with E-state index in [1.807, 2.05) is 0 Å². The Kier molecular flexibility index (Phi) is 4.17. The lowest BCUT2D eigenvalue weighted by Gasteiger charge is -2.23. The summed E-state index contributed by atoms with van der Waals surface area (Å²) in [7, 11) is 0. The first kappa shape index (κ1) is 11.4. The van der Waals surface area contributed by atoms with E-state index in [0.29, 0.717) is 12.6 Å². The van der Waals surface area contributed by atoms with E-state index in [0.717, 1.165) is 18.7 Å².